The Morgan fingerprint density at radius 2 is 1.95 bits per heavy atom. The summed E-state index contributed by atoms with van der Waals surface area (Å²) in [5, 5.41) is 3.25. The van der Waals surface area contributed by atoms with Crippen molar-refractivity contribution in [2.45, 2.75) is 52.1 Å². The summed E-state index contributed by atoms with van der Waals surface area (Å²) in [6.45, 7) is 7.03. The van der Waals surface area contributed by atoms with Gasteiger partial charge in [-0.25, -0.2) is 0 Å². The molecule has 1 aliphatic heterocycles. The van der Waals surface area contributed by atoms with Crippen LogP contribution in [0, 0.1) is 11.8 Å². The molecule has 5 nitrogen and oxygen atoms in total. The Labute approximate surface area is 121 Å². The Morgan fingerprint density at radius 1 is 1.25 bits per heavy atom. The highest BCUT2D eigenvalue weighted by Crippen LogP contribution is 2.26. The molecule has 0 spiro atoms. The van der Waals surface area contributed by atoms with E-state index in [4.69, 9.17) is 9.47 Å². The fourth-order valence-electron chi connectivity index (χ4n) is 2.55. The topological polar surface area (TPSA) is 64.6 Å². The molecule has 1 rings (SSSR count). The second-order valence-electron chi connectivity index (χ2n) is 6.38. The van der Waals surface area contributed by atoms with E-state index in [9.17, 15) is 9.59 Å². The molecule has 1 saturated heterocycles. The van der Waals surface area contributed by atoms with E-state index in [0.29, 0.717) is 6.54 Å². The molecule has 1 fully saturated rings. The maximum Gasteiger partial charge on any atom is 0.310 e. The maximum atomic E-state index is 12.0. The van der Waals surface area contributed by atoms with Gasteiger partial charge in [0.2, 0.25) is 0 Å². The van der Waals surface area contributed by atoms with Crippen LogP contribution in [-0.2, 0) is 19.1 Å². The third-order valence-corrected chi connectivity index (χ3v) is 3.46. The number of methoxy groups -OCH3 is 1. The van der Waals surface area contributed by atoms with Gasteiger partial charge in [0, 0.05) is 13.0 Å². The molecule has 2 atom stereocenters. The van der Waals surface area contributed by atoms with E-state index in [2.05, 4.69) is 5.32 Å². The summed E-state index contributed by atoms with van der Waals surface area (Å²) < 4.78 is 10.2. The molecule has 0 aromatic carbocycles. The summed E-state index contributed by atoms with van der Waals surface area (Å²) in [4.78, 5) is 23.9. The Balaban J connectivity index is 2.68. The molecule has 1 N–H and O–H groups in total. The van der Waals surface area contributed by atoms with Gasteiger partial charge in [-0.05, 0) is 46.1 Å². The monoisotopic (exact) mass is 285 g/mol. The number of esters is 2. The summed E-state index contributed by atoms with van der Waals surface area (Å²) in [5.41, 5.74) is -0.488. The predicted molar refractivity (Wildman–Crippen MR) is 76.2 cm³/mol. The van der Waals surface area contributed by atoms with Crippen LogP contribution < -0.4 is 5.32 Å². The van der Waals surface area contributed by atoms with Crippen molar-refractivity contribution in [3.05, 3.63) is 0 Å². The van der Waals surface area contributed by atoms with Crippen LogP contribution in [0.1, 0.15) is 46.5 Å². The second-order valence-corrected chi connectivity index (χ2v) is 6.38. The lowest BCUT2D eigenvalue weighted by atomic mass is 9.84. The number of hydrogen-bond acceptors (Lipinski definition) is 5. The molecular formula is C15H27NO4. The molecule has 0 radical (unpaired) electrons. The SMILES string of the molecule is COC(=O)C1CNCCCCC1CC(=O)OC(C)(C)C. The molecular weight excluding hydrogens is 258 g/mol. The summed E-state index contributed by atoms with van der Waals surface area (Å²) in [7, 11) is 1.39. The van der Waals surface area contributed by atoms with E-state index in [-0.39, 0.29) is 30.2 Å². The van der Waals surface area contributed by atoms with Gasteiger partial charge in [-0.3, -0.25) is 9.59 Å². The smallest absolute Gasteiger partial charge is 0.310 e. The third-order valence-electron chi connectivity index (χ3n) is 3.46. The molecule has 1 heterocycles. The van der Waals surface area contributed by atoms with E-state index in [0.717, 1.165) is 25.8 Å². The molecule has 116 valence electrons. The van der Waals surface area contributed by atoms with E-state index >= 15 is 0 Å². The lowest BCUT2D eigenvalue weighted by molar-refractivity contribution is -0.158. The fourth-order valence-corrected chi connectivity index (χ4v) is 2.55. The molecule has 0 aromatic rings. The van der Waals surface area contributed by atoms with Crippen molar-refractivity contribution in [1.29, 1.82) is 0 Å². The second kappa shape index (κ2) is 7.62. The van der Waals surface area contributed by atoms with E-state index in [1.165, 1.54) is 7.11 Å². The molecule has 0 aromatic heterocycles. The minimum atomic E-state index is -0.488. The van der Waals surface area contributed by atoms with Crippen molar-refractivity contribution >= 4 is 11.9 Å². The molecule has 2 unspecified atom stereocenters. The Bertz CT molecular complexity index is 335. The van der Waals surface area contributed by atoms with Gasteiger partial charge < -0.3 is 14.8 Å². The minimum absolute atomic E-state index is 0.00917. The summed E-state index contributed by atoms with van der Waals surface area (Å²) in [6, 6.07) is 0. The van der Waals surface area contributed by atoms with Crippen LogP contribution in [0.15, 0.2) is 0 Å². The highest BCUT2D eigenvalue weighted by Gasteiger charge is 2.32. The summed E-state index contributed by atoms with van der Waals surface area (Å²) >= 11 is 0. The minimum Gasteiger partial charge on any atom is -0.469 e. The molecule has 0 aliphatic carbocycles. The number of hydrogen-bond donors (Lipinski definition) is 1. The Morgan fingerprint density at radius 3 is 2.55 bits per heavy atom. The first kappa shape index (κ1) is 17.0. The zero-order chi connectivity index (χ0) is 15.2. The van der Waals surface area contributed by atoms with Crippen LogP contribution in [0.4, 0.5) is 0 Å². The van der Waals surface area contributed by atoms with E-state index < -0.39 is 5.60 Å². The van der Waals surface area contributed by atoms with E-state index in [1.54, 1.807) is 0 Å². The van der Waals surface area contributed by atoms with Gasteiger partial charge in [0.05, 0.1) is 13.0 Å². The van der Waals surface area contributed by atoms with Crippen molar-refractivity contribution in [2.75, 3.05) is 20.2 Å². The van der Waals surface area contributed by atoms with Crippen LogP contribution in [0.2, 0.25) is 0 Å². The van der Waals surface area contributed by atoms with Crippen molar-refractivity contribution in [2.24, 2.45) is 11.8 Å². The largest absolute Gasteiger partial charge is 0.469 e. The average Bonchev–Trinajstić information content (AvgIpc) is 2.30. The average molecular weight is 285 g/mol. The van der Waals surface area contributed by atoms with Crippen LogP contribution in [0.5, 0.6) is 0 Å². The first-order valence-electron chi connectivity index (χ1n) is 7.34. The maximum absolute atomic E-state index is 12.0. The van der Waals surface area contributed by atoms with Gasteiger partial charge in [-0.2, -0.15) is 0 Å². The third kappa shape index (κ3) is 5.90. The zero-order valence-electron chi connectivity index (χ0n) is 13.0. The van der Waals surface area contributed by atoms with E-state index in [1.807, 2.05) is 20.8 Å². The van der Waals surface area contributed by atoms with Gasteiger partial charge in [0.15, 0.2) is 0 Å². The highest BCUT2D eigenvalue weighted by atomic mass is 16.6. The number of rotatable bonds is 3. The first-order valence-corrected chi connectivity index (χ1v) is 7.34. The fraction of sp³-hybridized carbons (Fsp3) is 0.867. The van der Waals surface area contributed by atoms with Crippen molar-refractivity contribution < 1.29 is 19.1 Å². The van der Waals surface area contributed by atoms with Crippen molar-refractivity contribution in [3.63, 3.8) is 0 Å². The lowest BCUT2D eigenvalue weighted by Gasteiger charge is -2.28. The van der Waals surface area contributed by atoms with Crippen molar-refractivity contribution in [1.82, 2.24) is 5.32 Å². The molecule has 0 saturated carbocycles. The normalized spacial score (nSPS) is 24.4. The van der Waals surface area contributed by atoms with Gasteiger partial charge >= 0.3 is 11.9 Å². The number of carbonyl (C=O) groups excluding carboxylic acids is 2. The number of nitrogens with one attached hydrogen (secondary N) is 1. The highest BCUT2D eigenvalue weighted by molar-refractivity contribution is 5.75. The molecule has 5 heteroatoms. The zero-order valence-corrected chi connectivity index (χ0v) is 13.0. The molecule has 20 heavy (non-hydrogen) atoms. The summed E-state index contributed by atoms with van der Waals surface area (Å²) in [5.74, 6) is -0.761. The van der Waals surface area contributed by atoms with Gasteiger partial charge in [0.25, 0.3) is 0 Å². The molecule has 1 aliphatic rings. The van der Waals surface area contributed by atoms with Gasteiger partial charge in [0.1, 0.15) is 5.60 Å². The first-order chi connectivity index (χ1) is 9.33. The summed E-state index contributed by atoms with van der Waals surface area (Å²) in [6.07, 6.45) is 3.21. The van der Waals surface area contributed by atoms with Crippen LogP contribution >= 0.6 is 0 Å². The number of ether oxygens (including phenoxy) is 2. The molecule has 0 bridgehead atoms. The Hall–Kier alpha value is -1.10. The molecule has 0 amide bonds. The van der Waals surface area contributed by atoms with Crippen LogP contribution in [0.3, 0.4) is 0 Å². The lowest BCUT2D eigenvalue weighted by Crippen LogP contribution is -2.38. The van der Waals surface area contributed by atoms with Crippen LogP contribution in [-0.4, -0.2) is 37.7 Å². The quantitative estimate of drug-likeness (QED) is 0.802. The standard InChI is InChI=1S/C15H27NO4/c1-15(2,3)20-13(17)9-11-7-5-6-8-16-10-12(11)14(18)19-4/h11-12,16H,5-10H2,1-4H3. The van der Waals surface area contributed by atoms with Gasteiger partial charge in [-0.15, -0.1) is 0 Å². The Kier molecular flexibility index (Phi) is 6.46. The number of carbonyl (C=O) groups is 2. The van der Waals surface area contributed by atoms with Gasteiger partial charge in [-0.1, -0.05) is 6.42 Å². The van der Waals surface area contributed by atoms with Crippen LogP contribution in [0.25, 0.3) is 0 Å². The van der Waals surface area contributed by atoms with Crippen molar-refractivity contribution in [3.8, 4) is 0 Å². The predicted octanol–water partition coefficient (Wildman–Crippen LogP) is 1.90.